The molecule has 0 N–H and O–H groups in total. The first-order chi connectivity index (χ1) is 13.6. The Hall–Kier alpha value is -3.16. The Kier molecular flexibility index (Phi) is 5.10. The molecule has 144 valence electrons. The van der Waals surface area contributed by atoms with Crippen LogP contribution in [0.15, 0.2) is 35.5 Å². The number of piperidine rings is 1. The lowest BCUT2D eigenvalue weighted by molar-refractivity contribution is 0.0666. The van der Waals surface area contributed by atoms with Gasteiger partial charge in [-0.1, -0.05) is 5.16 Å². The maximum Gasteiger partial charge on any atom is 0.274 e. The van der Waals surface area contributed by atoms with E-state index in [2.05, 4.69) is 25.1 Å². The minimum absolute atomic E-state index is 0.0584. The van der Waals surface area contributed by atoms with Crippen molar-refractivity contribution in [1.29, 1.82) is 0 Å². The van der Waals surface area contributed by atoms with Gasteiger partial charge >= 0.3 is 0 Å². The number of amides is 1. The molecule has 0 saturated carbocycles. The summed E-state index contributed by atoms with van der Waals surface area (Å²) in [4.78, 5) is 31.5. The topological polar surface area (TPSA) is 97.9 Å². The van der Waals surface area contributed by atoms with Crippen molar-refractivity contribution in [2.45, 2.75) is 33.1 Å². The van der Waals surface area contributed by atoms with Gasteiger partial charge in [0.05, 0.1) is 23.1 Å². The molecule has 8 nitrogen and oxygen atoms in total. The average Bonchev–Trinajstić information content (AvgIpc) is 3.06. The van der Waals surface area contributed by atoms with E-state index in [9.17, 15) is 4.79 Å². The van der Waals surface area contributed by atoms with Crippen molar-refractivity contribution in [3.05, 3.63) is 53.8 Å². The van der Waals surface area contributed by atoms with E-state index in [0.717, 1.165) is 54.2 Å². The molecule has 0 spiro atoms. The lowest BCUT2D eigenvalue weighted by Crippen LogP contribution is -2.41. The highest BCUT2D eigenvalue weighted by atomic mass is 16.5. The standard InChI is InChI=1S/C20H22N6O2/c1-13-19(14(2)28-25-13)17-9-16(23-12-24-17)8-15-4-3-7-26(11-15)20(27)18-10-21-5-6-22-18/h5-6,9-10,12,15H,3-4,7-8,11H2,1-2H3/t15-/m0/s1. The van der Waals surface area contributed by atoms with Gasteiger partial charge in [0, 0.05) is 31.2 Å². The summed E-state index contributed by atoms with van der Waals surface area (Å²) in [5.41, 5.74) is 3.92. The molecular formula is C20H22N6O2. The second-order valence-electron chi connectivity index (χ2n) is 7.15. The Bertz CT molecular complexity index is 952. The molecule has 1 aliphatic rings. The zero-order valence-electron chi connectivity index (χ0n) is 16.0. The van der Waals surface area contributed by atoms with Gasteiger partial charge in [0.1, 0.15) is 17.8 Å². The molecule has 0 unspecified atom stereocenters. The number of aryl methyl sites for hydroxylation is 2. The molecule has 3 aromatic heterocycles. The number of carbonyl (C=O) groups is 1. The van der Waals surface area contributed by atoms with E-state index in [0.29, 0.717) is 18.2 Å². The fourth-order valence-corrected chi connectivity index (χ4v) is 3.78. The molecule has 4 rings (SSSR count). The molecule has 1 fully saturated rings. The number of hydrogen-bond acceptors (Lipinski definition) is 7. The van der Waals surface area contributed by atoms with Gasteiger partial charge in [-0.05, 0) is 45.1 Å². The predicted molar refractivity (Wildman–Crippen MR) is 101 cm³/mol. The van der Waals surface area contributed by atoms with Crippen LogP contribution < -0.4 is 0 Å². The maximum atomic E-state index is 12.7. The number of hydrogen-bond donors (Lipinski definition) is 0. The zero-order chi connectivity index (χ0) is 19.5. The third kappa shape index (κ3) is 3.76. The molecule has 1 atom stereocenters. The van der Waals surface area contributed by atoms with Crippen LogP contribution in [0, 0.1) is 19.8 Å². The van der Waals surface area contributed by atoms with Crippen LogP contribution in [-0.2, 0) is 6.42 Å². The molecule has 4 heterocycles. The van der Waals surface area contributed by atoms with Crippen LogP contribution >= 0.6 is 0 Å². The normalized spacial score (nSPS) is 16.9. The van der Waals surface area contributed by atoms with Gasteiger partial charge < -0.3 is 9.42 Å². The second kappa shape index (κ2) is 7.84. The molecule has 1 amide bonds. The van der Waals surface area contributed by atoms with Gasteiger partial charge in [-0.15, -0.1) is 0 Å². The van der Waals surface area contributed by atoms with Crippen molar-refractivity contribution in [2.24, 2.45) is 5.92 Å². The molecular weight excluding hydrogens is 356 g/mol. The van der Waals surface area contributed by atoms with Gasteiger partial charge in [-0.3, -0.25) is 9.78 Å². The van der Waals surface area contributed by atoms with Crippen molar-refractivity contribution in [1.82, 2.24) is 30.0 Å². The highest BCUT2D eigenvalue weighted by Gasteiger charge is 2.26. The Morgan fingerprint density at radius 3 is 2.89 bits per heavy atom. The molecule has 3 aromatic rings. The Labute approximate surface area is 163 Å². The third-order valence-corrected chi connectivity index (χ3v) is 5.10. The average molecular weight is 378 g/mol. The molecule has 28 heavy (non-hydrogen) atoms. The molecule has 0 bridgehead atoms. The summed E-state index contributed by atoms with van der Waals surface area (Å²) < 4.78 is 5.26. The maximum absolute atomic E-state index is 12.7. The Morgan fingerprint density at radius 2 is 2.14 bits per heavy atom. The summed E-state index contributed by atoms with van der Waals surface area (Å²) in [5.74, 6) is 1.04. The quantitative estimate of drug-likeness (QED) is 0.688. The van der Waals surface area contributed by atoms with Gasteiger partial charge in [0.15, 0.2) is 0 Å². The largest absolute Gasteiger partial charge is 0.361 e. The zero-order valence-corrected chi connectivity index (χ0v) is 16.0. The second-order valence-corrected chi connectivity index (χ2v) is 7.15. The minimum Gasteiger partial charge on any atom is -0.361 e. The molecule has 0 radical (unpaired) electrons. The van der Waals surface area contributed by atoms with Gasteiger partial charge in [-0.2, -0.15) is 0 Å². The summed E-state index contributed by atoms with van der Waals surface area (Å²) in [6.45, 7) is 5.24. The van der Waals surface area contributed by atoms with Crippen LogP contribution in [0.3, 0.4) is 0 Å². The summed E-state index contributed by atoms with van der Waals surface area (Å²) >= 11 is 0. The van der Waals surface area contributed by atoms with Crippen molar-refractivity contribution in [3.8, 4) is 11.3 Å². The van der Waals surface area contributed by atoms with E-state index < -0.39 is 0 Å². The summed E-state index contributed by atoms with van der Waals surface area (Å²) in [6, 6.07) is 2.00. The monoisotopic (exact) mass is 378 g/mol. The van der Waals surface area contributed by atoms with E-state index in [-0.39, 0.29) is 5.91 Å². The van der Waals surface area contributed by atoms with Crippen molar-refractivity contribution in [2.75, 3.05) is 13.1 Å². The number of rotatable bonds is 4. The third-order valence-electron chi connectivity index (χ3n) is 5.10. The van der Waals surface area contributed by atoms with E-state index in [1.807, 2.05) is 24.8 Å². The molecule has 0 aliphatic carbocycles. The number of likely N-dealkylation sites (tertiary alicyclic amines) is 1. The Balaban J connectivity index is 1.47. The van der Waals surface area contributed by atoms with Crippen LogP contribution in [-0.4, -0.2) is 49.0 Å². The first kappa shape index (κ1) is 18.2. The van der Waals surface area contributed by atoms with Crippen LogP contribution in [0.2, 0.25) is 0 Å². The first-order valence-corrected chi connectivity index (χ1v) is 9.41. The SMILES string of the molecule is Cc1noc(C)c1-c1cc(C[C@@H]2CCCN(C(=O)c3cnccn3)C2)ncn1. The van der Waals surface area contributed by atoms with Gasteiger partial charge in [0.2, 0.25) is 0 Å². The van der Waals surface area contributed by atoms with Crippen LogP contribution in [0.5, 0.6) is 0 Å². The van der Waals surface area contributed by atoms with Crippen molar-refractivity contribution >= 4 is 5.91 Å². The van der Waals surface area contributed by atoms with Gasteiger partial charge in [-0.25, -0.2) is 15.0 Å². The van der Waals surface area contributed by atoms with E-state index in [4.69, 9.17) is 4.52 Å². The van der Waals surface area contributed by atoms with Crippen molar-refractivity contribution < 1.29 is 9.32 Å². The smallest absolute Gasteiger partial charge is 0.274 e. The fraction of sp³-hybridized carbons (Fsp3) is 0.400. The molecule has 8 heteroatoms. The highest BCUT2D eigenvalue weighted by Crippen LogP contribution is 2.27. The number of carbonyl (C=O) groups excluding carboxylic acids is 1. The fourth-order valence-electron chi connectivity index (χ4n) is 3.78. The van der Waals surface area contributed by atoms with Crippen LogP contribution in [0.25, 0.3) is 11.3 Å². The van der Waals surface area contributed by atoms with E-state index in [1.165, 1.54) is 6.20 Å². The number of aromatic nitrogens is 5. The van der Waals surface area contributed by atoms with E-state index >= 15 is 0 Å². The molecule has 0 aromatic carbocycles. The van der Waals surface area contributed by atoms with Crippen LogP contribution in [0.4, 0.5) is 0 Å². The summed E-state index contributed by atoms with van der Waals surface area (Å²) in [7, 11) is 0. The highest BCUT2D eigenvalue weighted by molar-refractivity contribution is 5.92. The summed E-state index contributed by atoms with van der Waals surface area (Å²) in [6.07, 6.45) is 9.05. The Morgan fingerprint density at radius 1 is 1.25 bits per heavy atom. The predicted octanol–water partition coefficient (Wildman–Crippen LogP) is 2.63. The molecule has 1 saturated heterocycles. The first-order valence-electron chi connectivity index (χ1n) is 9.41. The lowest BCUT2D eigenvalue weighted by atomic mass is 9.92. The number of nitrogens with zero attached hydrogens (tertiary/aromatic N) is 6. The lowest BCUT2D eigenvalue weighted by Gasteiger charge is -2.32. The minimum atomic E-state index is -0.0584. The molecule has 1 aliphatic heterocycles. The van der Waals surface area contributed by atoms with Crippen molar-refractivity contribution in [3.63, 3.8) is 0 Å². The van der Waals surface area contributed by atoms with Gasteiger partial charge in [0.25, 0.3) is 5.91 Å². The van der Waals surface area contributed by atoms with Crippen LogP contribution in [0.1, 0.15) is 40.5 Å². The summed E-state index contributed by atoms with van der Waals surface area (Å²) in [5, 5.41) is 4.01. The van der Waals surface area contributed by atoms with E-state index in [1.54, 1.807) is 18.7 Å².